The minimum Gasteiger partial charge on any atom is -0.465 e. The summed E-state index contributed by atoms with van der Waals surface area (Å²) >= 11 is 0. The summed E-state index contributed by atoms with van der Waals surface area (Å²) in [6.45, 7) is 1.96. The number of amides is 2. The number of carbonyl (C=O) groups is 3. The molecule has 0 saturated carbocycles. The van der Waals surface area contributed by atoms with Gasteiger partial charge in [-0.25, -0.2) is 4.79 Å². The van der Waals surface area contributed by atoms with Crippen molar-refractivity contribution in [3.05, 3.63) is 70.8 Å². The van der Waals surface area contributed by atoms with Gasteiger partial charge >= 0.3 is 5.97 Å². The summed E-state index contributed by atoms with van der Waals surface area (Å²) < 4.78 is 4.63. The van der Waals surface area contributed by atoms with Crippen LogP contribution < -0.4 is 11.1 Å². The number of aryl methyl sites for hydroxylation is 1. The number of rotatable bonds is 6. The number of nitrogens with one attached hydrogen (secondary N) is 1. The van der Waals surface area contributed by atoms with E-state index in [2.05, 4.69) is 10.1 Å². The second kappa shape index (κ2) is 8.10. The van der Waals surface area contributed by atoms with Gasteiger partial charge in [0.05, 0.1) is 12.7 Å². The Balaban J connectivity index is 2.13. The molecule has 130 valence electrons. The molecule has 0 saturated heterocycles. The average Bonchev–Trinajstić information content (AvgIpc) is 2.62. The van der Waals surface area contributed by atoms with Crippen LogP contribution in [0.4, 0.5) is 0 Å². The van der Waals surface area contributed by atoms with E-state index in [0.717, 1.165) is 11.1 Å². The van der Waals surface area contributed by atoms with Crippen molar-refractivity contribution in [3.63, 3.8) is 0 Å². The van der Waals surface area contributed by atoms with Crippen molar-refractivity contribution in [2.24, 2.45) is 5.73 Å². The fourth-order valence-corrected chi connectivity index (χ4v) is 2.33. The van der Waals surface area contributed by atoms with Crippen LogP contribution in [0.2, 0.25) is 0 Å². The first-order chi connectivity index (χ1) is 11.9. The van der Waals surface area contributed by atoms with Crippen molar-refractivity contribution >= 4 is 17.8 Å². The van der Waals surface area contributed by atoms with Gasteiger partial charge in [0.1, 0.15) is 6.04 Å². The Morgan fingerprint density at radius 2 is 1.72 bits per heavy atom. The Morgan fingerprint density at radius 3 is 2.32 bits per heavy atom. The van der Waals surface area contributed by atoms with Gasteiger partial charge in [-0.2, -0.15) is 0 Å². The van der Waals surface area contributed by atoms with E-state index < -0.39 is 23.8 Å². The van der Waals surface area contributed by atoms with Gasteiger partial charge in [-0.15, -0.1) is 0 Å². The number of benzene rings is 2. The van der Waals surface area contributed by atoms with Crippen LogP contribution in [0.25, 0.3) is 0 Å². The number of hydrogen-bond donors (Lipinski definition) is 2. The van der Waals surface area contributed by atoms with E-state index in [0.29, 0.717) is 0 Å². The first-order valence-corrected chi connectivity index (χ1v) is 7.75. The lowest BCUT2D eigenvalue weighted by Gasteiger charge is -2.16. The second-order valence-electron chi connectivity index (χ2n) is 5.69. The van der Waals surface area contributed by atoms with E-state index in [9.17, 15) is 14.4 Å². The topological polar surface area (TPSA) is 98.5 Å². The second-order valence-corrected chi connectivity index (χ2v) is 5.69. The summed E-state index contributed by atoms with van der Waals surface area (Å²) in [6, 6.07) is 12.8. The van der Waals surface area contributed by atoms with Gasteiger partial charge in [0.15, 0.2) is 0 Å². The van der Waals surface area contributed by atoms with E-state index >= 15 is 0 Å². The number of carbonyl (C=O) groups excluding carboxylic acids is 3. The molecule has 1 atom stereocenters. The Morgan fingerprint density at radius 1 is 1.08 bits per heavy atom. The number of nitrogens with two attached hydrogens (primary N) is 1. The fourth-order valence-electron chi connectivity index (χ4n) is 2.33. The molecular weight excluding hydrogens is 320 g/mol. The molecule has 2 aromatic carbocycles. The third-order valence-electron chi connectivity index (χ3n) is 3.76. The summed E-state index contributed by atoms with van der Waals surface area (Å²) in [5.74, 6) is -1.65. The van der Waals surface area contributed by atoms with Crippen LogP contribution in [-0.2, 0) is 16.0 Å². The number of primary amides is 1. The quantitative estimate of drug-likeness (QED) is 0.781. The minimum atomic E-state index is -0.850. The van der Waals surface area contributed by atoms with Gasteiger partial charge in [0.2, 0.25) is 5.91 Å². The first kappa shape index (κ1) is 18.2. The predicted molar refractivity (Wildman–Crippen MR) is 93.1 cm³/mol. The van der Waals surface area contributed by atoms with Crippen molar-refractivity contribution in [2.75, 3.05) is 7.11 Å². The third kappa shape index (κ3) is 4.91. The van der Waals surface area contributed by atoms with Crippen LogP contribution in [0.3, 0.4) is 0 Å². The molecule has 2 aromatic rings. The number of ether oxygens (including phenoxy) is 1. The van der Waals surface area contributed by atoms with Crippen LogP contribution in [0.15, 0.2) is 48.5 Å². The normalized spacial score (nSPS) is 11.4. The molecule has 0 bridgehead atoms. The van der Waals surface area contributed by atoms with Gasteiger partial charge < -0.3 is 15.8 Å². The summed E-state index contributed by atoms with van der Waals surface area (Å²) in [7, 11) is 1.26. The van der Waals surface area contributed by atoms with E-state index in [1.807, 2.05) is 31.2 Å². The summed E-state index contributed by atoms with van der Waals surface area (Å²) in [5.41, 5.74) is 7.90. The molecule has 0 spiro atoms. The number of hydrogen-bond acceptors (Lipinski definition) is 4. The van der Waals surface area contributed by atoms with Crippen molar-refractivity contribution < 1.29 is 19.1 Å². The molecule has 0 aromatic heterocycles. The zero-order valence-electron chi connectivity index (χ0n) is 14.1. The van der Waals surface area contributed by atoms with E-state index in [-0.39, 0.29) is 17.5 Å². The number of esters is 1. The molecule has 25 heavy (non-hydrogen) atoms. The maximum atomic E-state index is 12.4. The molecule has 0 aliphatic heterocycles. The molecule has 6 nitrogen and oxygen atoms in total. The third-order valence-corrected chi connectivity index (χ3v) is 3.76. The number of methoxy groups -OCH3 is 1. The zero-order valence-corrected chi connectivity index (χ0v) is 14.1. The predicted octanol–water partition coefficient (Wildman–Crippen LogP) is 1.61. The molecule has 6 heteroatoms. The maximum absolute atomic E-state index is 12.4. The lowest BCUT2D eigenvalue weighted by molar-refractivity contribution is -0.119. The Bertz CT molecular complexity index is 784. The van der Waals surface area contributed by atoms with Gasteiger partial charge in [0, 0.05) is 12.0 Å². The van der Waals surface area contributed by atoms with E-state index in [4.69, 9.17) is 5.73 Å². The Labute approximate surface area is 146 Å². The van der Waals surface area contributed by atoms with Crippen LogP contribution >= 0.6 is 0 Å². The highest BCUT2D eigenvalue weighted by atomic mass is 16.5. The van der Waals surface area contributed by atoms with Gasteiger partial charge in [0.25, 0.3) is 5.91 Å². The molecule has 0 radical (unpaired) electrons. The highest BCUT2D eigenvalue weighted by Crippen LogP contribution is 2.09. The first-order valence-electron chi connectivity index (χ1n) is 7.75. The van der Waals surface area contributed by atoms with Crippen LogP contribution in [0, 0.1) is 6.92 Å². The lowest BCUT2D eigenvalue weighted by Crippen LogP contribution is -2.45. The average molecular weight is 340 g/mol. The molecule has 0 fully saturated rings. The zero-order chi connectivity index (χ0) is 18.4. The molecule has 0 aliphatic carbocycles. The standard InChI is InChI=1S/C19H20N2O4/c1-12-6-8-13(9-7-12)10-16(17(20)22)21-18(23)14-4-3-5-15(11-14)19(24)25-2/h3-9,11,16H,10H2,1-2H3,(H2,20,22)(H,21,23)/t16-/m0/s1. The Kier molecular flexibility index (Phi) is 5.89. The van der Waals surface area contributed by atoms with Gasteiger partial charge in [-0.05, 0) is 30.7 Å². The van der Waals surface area contributed by atoms with Gasteiger partial charge in [-0.1, -0.05) is 35.9 Å². The summed E-state index contributed by atoms with van der Waals surface area (Å²) in [5, 5.41) is 2.61. The van der Waals surface area contributed by atoms with Crippen molar-refractivity contribution in [1.29, 1.82) is 0 Å². The van der Waals surface area contributed by atoms with Crippen molar-refractivity contribution in [3.8, 4) is 0 Å². The molecule has 0 aliphatic rings. The van der Waals surface area contributed by atoms with Gasteiger partial charge in [-0.3, -0.25) is 9.59 Å². The molecule has 2 amide bonds. The fraction of sp³-hybridized carbons (Fsp3) is 0.211. The molecule has 0 heterocycles. The summed E-state index contributed by atoms with van der Waals surface area (Å²) in [6.07, 6.45) is 0.290. The van der Waals surface area contributed by atoms with Crippen LogP contribution in [-0.4, -0.2) is 30.9 Å². The van der Waals surface area contributed by atoms with E-state index in [1.54, 1.807) is 18.2 Å². The highest BCUT2D eigenvalue weighted by molar-refractivity contribution is 5.99. The monoisotopic (exact) mass is 340 g/mol. The molecule has 3 N–H and O–H groups in total. The van der Waals surface area contributed by atoms with Crippen LogP contribution in [0.5, 0.6) is 0 Å². The van der Waals surface area contributed by atoms with Crippen LogP contribution in [0.1, 0.15) is 31.8 Å². The largest absolute Gasteiger partial charge is 0.465 e. The SMILES string of the molecule is COC(=O)c1cccc(C(=O)N[C@@H](Cc2ccc(C)cc2)C(N)=O)c1. The van der Waals surface area contributed by atoms with Crippen molar-refractivity contribution in [2.45, 2.75) is 19.4 Å². The van der Waals surface area contributed by atoms with E-state index in [1.165, 1.54) is 13.2 Å². The smallest absolute Gasteiger partial charge is 0.337 e. The lowest BCUT2D eigenvalue weighted by atomic mass is 10.0. The Hall–Kier alpha value is -3.15. The molecular formula is C19H20N2O4. The molecule has 2 rings (SSSR count). The summed E-state index contributed by atoms with van der Waals surface area (Å²) in [4.78, 5) is 35.6. The van der Waals surface area contributed by atoms with Crippen molar-refractivity contribution in [1.82, 2.24) is 5.32 Å². The minimum absolute atomic E-state index is 0.248. The molecule has 0 unspecified atom stereocenters. The highest BCUT2D eigenvalue weighted by Gasteiger charge is 2.20. The maximum Gasteiger partial charge on any atom is 0.337 e.